The maximum Gasteiger partial charge on any atom is 0.419 e. The van der Waals surface area contributed by atoms with Crippen LogP contribution in [0.25, 0.3) is 16.9 Å². The summed E-state index contributed by atoms with van der Waals surface area (Å²) in [6.45, 7) is 5.99. The standard InChI is InChI=1S/C21H19N5O5.C9H10N2O2.CH4.ClH/c1-3-8-31-20(30)13-4-5-14-12(11(13)2)6-7-15(14)24-18(27)17-9-16(19(28)29)25-21-22-10-23-26(17)21;1-11-7-4-6(5-10)2-3-8(7)13-9(11)12;;/h3-5,9-10,15H,1,6-8H2,2H3,(H,24,27)(H,28,29);2-4H,5,10H2,1H3;1H4;1H/t15-;;;/m0.../s1. The van der Waals surface area contributed by atoms with Crippen molar-refractivity contribution >= 4 is 47.1 Å². The maximum absolute atomic E-state index is 13.0. The summed E-state index contributed by atoms with van der Waals surface area (Å²) >= 11 is 0. The van der Waals surface area contributed by atoms with Gasteiger partial charge in [-0.1, -0.05) is 32.2 Å². The first kappa shape index (κ1) is 35.1. The zero-order valence-electron chi connectivity index (χ0n) is 24.4. The fourth-order valence-electron chi connectivity index (χ4n) is 5.08. The lowest BCUT2D eigenvalue weighted by Gasteiger charge is -2.16. The minimum Gasteiger partial charge on any atom is -0.477 e. The van der Waals surface area contributed by atoms with Gasteiger partial charge in [-0.15, -0.1) is 12.4 Å². The van der Waals surface area contributed by atoms with Gasteiger partial charge < -0.3 is 25.3 Å². The minimum absolute atomic E-state index is 0. The minimum atomic E-state index is -1.27. The number of aryl methyl sites for hydroxylation is 1. The third-order valence-corrected chi connectivity index (χ3v) is 7.35. The Labute approximate surface area is 269 Å². The lowest BCUT2D eigenvalue weighted by molar-refractivity contribution is 0.0548. The summed E-state index contributed by atoms with van der Waals surface area (Å²) in [5.41, 5.74) is 10.8. The van der Waals surface area contributed by atoms with Crippen molar-refractivity contribution in [1.29, 1.82) is 0 Å². The molecule has 46 heavy (non-hydrogen) atoms. The molecular formula is C31H34ClN7O7. The number of aromatic nitrogens is 5. The average molecular weight is 652 g/mol. The van der Waals surface area contributed by atoms with E-state index in [2.05, 4.69) is 27.0 Å². The van der Waals surface area contributed by atoms with Gasteiger partial charge in [0.05, 0.1) is 17.1 Å². The van der Waals surface area contributed by atoms with Gasteiger partial charge in [-0.2, -0.15) is 14.6 Å². The van der Waals surface area contributed by atoms with Crippen molar-refractivity contribution < 1.29 is 28.6 Å². The molecule has 0 fully saturated rings. The van der Waals surface area contributed by atoms with E-state index in [9.17, 15) is 24.3 Å². The number of fused-ring (bicyclic) bond motifs is 3. The van der Waals surface area contributed by atoms with E-state index in [1.807, 2.05) is 25.1 Å². The second kappa shape index (κ2) is 14.6. The van der Waals surface area contributed by atoms with E-state index in [0.29, 0.717) is 30.5 Å². The first-order chi connectivity index (χ1) is 21.1. The molecule has 1 atom stereocenters. The molecule has 0 spiro atoms. The molecule has 0 radical (unpaired) electrons. The molecule has 5 aromatic rings. The fraction of sp³-hybridized carbons (Fsp3) is 0.258. The molecule has 0 bridgehead atoms. The van der Waals surface area contributed by atoms with Gasteiger partial charge in [0.25, 0.3) is 11.7 Å². The zero-order chi connectivity index (χ0) is 31.5. The molecule has 4 N–H and O–H groups in total. The monoisotopic (exact) mass is 651 g/mol. The van der Waals surface area contributed by atoms with Crippen LogP contribution in [0.3, 0.4) is 0 Å². The molecule has 0 aliphatic heterocycles. The topological polar surface area (TPSA) is 197 Å². The van der Waals surface area contributed by atoms with Gasteiger partial charge in [0.15, 0.2) is 11.3 Å². The fourth-order valence-corrected chi connectivity index (χ4v) is 5.08. The first-order valence-corrected chi connectivity index (χ1v) is 13.6. The molecule has 14 nitrogen and oxygen atoms in total. The molecule has 3 heterocycles. The smallest absolute Gasteiger partial charge is 0.419 e. The number of nitrogens with zero attached hydrogens (tertiary/aromatic N) is 5. The summed E-state index contributed by atoms with van der Waals surface area (Å²) in [6.07, 6.45) is 4.04. The molecular weight excluding hydrogens is 618 g/mol. The van der Waals surface area contributed by atoms with Crippen LogP contribution in [0.1, 0.15) is 73.5 Å². The second-order valence-electron chi connectivity index (χ2n) is 9.99. The van der Waals surface area contributed by atoms with Crippen LogP contribution < -0.4 is 16.8 Å². The van der Waals surface area contributed by atoms with E-state index in [0.717, 1.165) is 27.8 Å². The molecule has 1 amide bonds. The number of carbonyl (C=O) groups excluding carboxylic acids is 2. The number of carboxylic acids is 1. The Morgan fingerprint density at radius 3 is 2.70 bits per heavy atom. The lowest BCUT2D eigenvalue weighted by atomic mass is 9.98. The van der Waals surface area contributed by atoms with Crippen LogP contribution >= 0.6 is 12.4 Å². The van der Waals surface area contributed by atoms with Crippen molar-refractivity contribution in [2.24, 2.45) is 12.8 Å². The number of nitrogens with two attached hydrogens (primary N) is 1. The molecule has 0 saturated carbocycles. The van der Waals surface area contributed by atoms with Crippen LogP contribution in [-0.4, -0.2) is 53.7 Å². The molecule has 242 valence electrons. The number of hydrogen-bond acceptors (Lipinski definition) is 10. The van der Waals surface area contributed by atoms with Crippen molar-refractivity contribution in [3.05, 3.63) is 105 Å². The van der Waals surface area contributed by atoms with Gasteiger partial charge in [0, 0.05) is 19.7 Å². The summed E-state index contributed by atoms with van der Waals surface area (Å²) < 4.78 is 12.8. The molecule has 15 heteroatoms. The predicted octanol–water partition coefficient (Wildman–Crippen LogP) is 3.54. The van der Waals surface area contributed by atoms with Crippen LogP contribution in [-0.2, 0) is 24.8 Å². The summed E-state index contributed by atoms with van der Waals surface area (Å²) in [5.74, 6) is -2.50. The van der Waals surface area contributed by atoms with E-state index in [1.54, 1.807) is 19.2 Å². The molecule has 1 aliphatic carbocycles. The van der Waals surface area contributed by atoms with E-state index in [1.165, 1.54) is 27.6 Å². The van der Waals surface area contributed by atoms with Gasteiger partial charge in [-0.05, 0) is 60.2 Å². The van der Waals surface area contributed by atoms with Crippen molar-refractivity contribution in [3.8, 4) is 0 Å². The number of nitrogens with one attached hydrogen (secondary N) is 1. The Hall–Kier alpha value is -5.34. The number of benzene rings is 2. The number of amides is 1. The van der Waals surface area contributed by atoms with E-state index in [-0.39, 0.29) is 55.4 Å². The van der Waals surface area contributed by atoms with Gasteiger partial charge in [0.1, 0.15) is 18.6 Å². The largest absolute Gasteiger partial charge is 0.477 e. The maximum atomic E-state index is 13.0. The summed E-state index contributed by atoms with van der Waals surface area (Å²) in [5, 5.41) is 16.2. The zero-order valence-corrected chi connectivity index (χ0v) is 25.2. The summed E-state index contributed by atoms with van der Waals surface area (Å²) in [4.78, 5) is 55.4. The highest BCUT2D eigenvalue weighted by molar-refractivity contribution is 5.96. The highest BCUT2D eigenvalue weighted by Crippen LogP contribution is 2.35. The van der Waals surface area contributed by atoms with Gasteiger partial charge >= 0.3 is 17.7 Å². The van der Waals surface area contributed by atoms with E-state index >= 15 is 0 Å². The Morgan fingerprint density at radius 1 is 1.24 bits per heavy atom. The van der Waals surface area contributed by atoms with E-state index in [4.69, 9.17) is 14.9 Å². The van der Waals surface area contributed by atoms with Crippen molar-refractivity contribution in [2.45, 2.75) is 39.8 Å². The normalized spacial score (nSPS) is 13.1. The van der Waals surface area contributed by atoms with Gasteiger partial charge in [-0.25, -0.2) is 19.4 Å². The Bertz CT molecular complexity index is 2000. The Morgan fingerprint density at radius 2 is 2.00 bits per heavy atom. The van der Waals surface area contributed by atoms with Gasteiger partial charge in [0.2, 0.25) is 0 Å². The number of esters is 1. The van der Waals surface area contributed by atoms with Crippen molar-refractivity contribution in [1.82, 2.24) is 29.5 Å². The number of oxazole rings is 1. The second-order valence-corrected chi connectivity index (χ2v) is 9.99. The van der Waals surface area contributed by atoms with Crippen molar-refractivity contribution in [3.63, 3.8) is 0 Å². The predicted molar refractivity (Wildman–Crippen MR) is 171 cm³/mol. The highest BCUT2D eigenvalue weighted by atomic mass is 35.5. The van der Waals surface area contributed by atoms with Crippen LogP contribution in [0.2, 0.25) is 0 Å². The number of ether oxygens (including phenoxy) is 1. The van der Waals surface area contributed by atoms with Crippen molar-refractivity contribution in [2.75, 3.05) is 6.61 Å². The molecule has 1 aliphatic rings. The quantitative estimate of drug-likeness (QED) is 0.172. The first-order valence-electron chi connectivity index (χ1n) is 13.6. The van der Waals surface area contributed by atoms with E-state index < -0.39 is 17.8 Å². The molecule has 0 saturated heterocycles. The Balaban J connectivity index is 0.000000323. The summed E-state index contributed by atoms with van der Waals surface area (Å²) in [6, 6.07) is 9.85. The highest BCUT2D eigenvalue weighted by Gasteiger charge is 2.29. The molecule has 0 unspecified atom stereocenters. The third kappa shape index (κ3) is 6.82. The molecule has 6 rings (SSSR count). The van der Waals surface area contributed by atoms with Crippen LogP contribution in [0, 0.1) is 6.92 Å². The average Bonchev–Trinajstić information content (AvgIpc) is 3.73. The molecule has 2 aromatic carbocycles. The SMILES string of the molecule is C.C=CCOC(=O)c1ccc2c(c1C)CC[C@@H]2NC(=O)c1cc(C(=O)O)nc2ncnn12.Cl.Cn1c(=O)oc2ccc(CN)cc21. The number of carbonyl (C=O) groups is 3. The summed E-state index contributed by atoms with van der Waals surface area (Å²) in [7, 11) is 1.68. The van der Waals surface area contributed by atoms with Gasteiger partial charge in [-0.3, -0.25) is 9.36 Å². The van der Waals surface area contributed by atoms with Crippen LogP contribution in [0.15, 0.2) is 64.6 Å². The number of carboxylic acid groups (broad SMARTS) is 1. The van der Waals surface area contributed by atoms with Crippen LogP contribution in [0.4, 0.5) is 0 Å². The lowest BCUT2D eigenvalue weighted by Crippen LogP contribution is -2.29. The van der Waals surface area contributed by atoms with Crippen LogP contribution in [0.5, 0.6) is 0 Å². The number of aromatic carboxylic acids is 1. The molecule has 3 aromatic heterocycles. The Kier molecular flexibility index (Phi) is 11.2. The number of rotatable bonds is 7. The number of hydrogen-bond donors (Lipinski definition) is 3. The number of halogens is 1. The third-order valence-electron chi connectivity index (χ3n) is 7.35.